The Hall–Kier alpha value is -4.32. The zero-order valence-electron chi connectivity index (χ0n) is 18.3. The van der Waals surface area contributed by atoms with Crippen LogP contribution in [0.15, 0.2) is 81.8 Å². The van der Waals surface area contributed by atoms with Crippen LogP contribution in [0, 0.1) is 13.8 Å². The Kier molecular flexibility index (Phi) is 5.18. The first-order valence-electron chi connectivity index (χ1n) is 10.6. The first-order chi connectivity index (χ1) is 16.0. The lowest BCUT2D eigenvalue weighted by molar-refractivity contribution is -0.115. The minimum atomic E-state index is -0.434. The maximum atomic E-state index is 13.1. The lowest BCUT2D eigenvalue weighted by atomic mass is 10.1. The summed E-state index contributed by atoms with van der Waals surface area (Å²) in [6.45, 7) is 3.94. The van der Waals surface area contributed by atoms with Crippen molar-refractivity contribution in [2.45, 2.75) is 20.3 Å². The van der Waals surface area contributed by atoms with Gasteiger partial charge in [-0.05, 0) is 55.8 Å². The molecule has 6 nitrogen and oxygen atoms in total. The molecule has 0 aliphatic heterocycles. The number of rotatable bonds is 5. The van der Waals surface area contributed by atoms with Crippen LogP contribution in [0.3, 0.4) is 0 Å². The van der Waals surface area contributed by atoms with Crippen LogP contribution in [0.4, 0.5) is 11.4 Å². The number of carbonyl (C=O) groups is 2. The van der Waals surface area contributed by atoms with Gasteiger partial charge in [0, 0.05) is 22.0 Å². The standard InChI is InChI=1S/C27H22N2O4/c1-16-6-5-7-19(12-16)28-27(31)26-25(20-8-3-4-9-23(20)33-26)29-24(30)14-18-15-32-22-11-10-17(2)13-21(18)22/h3-13,15H,14H2,1-2H3,(H,28,31)(H,29,30). The Morgan fingerprint density at radius 3 is 2.48 bits per heavy atom. The normalized spacial score (nSPS) is 11.1. The smallest absolute Gasteiger partial charge is 0.293 e. The molecule has 0 bridgehead atoms. The van der Waals surface area contributed by atoms with Crippen LogP contribution in [0.5, 0.6) is 0 Å². The fraction of sp³-hybridized carbons (Fsp3) is 0.111. The van der Waals surface area contributed by atoms with Crippen molar-refractivity contribution in [2.24, 2.45) is 0 Å². The summed E-state index contributed by atoms with van der Waals surface area (Å²) in [6.07, 6.45) is 1.71. The molecule has 0 saturated carbocycles. The summed E-state index contributed by atoms with van der Waals surface area (Å²) in [5, 5.41) is 7.31. The molecule has 0 spiro atoms. The predicted octanol–water partition coefficient (Wildman–Crippen LogP) is 6.23. The van der Waals surface area contributed by atoms with Gasteiger partial charge < -0.3 is 19.5 Å². The van der Waals surface area contributed by atoms with Gasteiger partial charge in [-0.25, -0.2) is 0 Å². The second kappa shape index (κ2) is 8.31. The summed E-state index contributed by atoms with van der Waals surface area (Å²) in [5.41, 5.74) is 5.14. The van der Waals surface area contributed by atoms with Gasteiger partial charge in [0.25, 0.3) is 5.91 Å². The summed E-state index contributed by atoms with van der Waals surface area (Å²) in [7, 11) is 0. The van der Waals surface area contributed by atoms with Crippen LogP contribution in [0.25, 0.3) is 21.9 Å². The van der Waals surface area contributed by atoms with Gasteiger partial charge in [0.15, 0.2) is 0 Å². The van der Waals surface area contributed by atoms with E-state index < -0.39 is 5.91 Å². The Morgan fingerprint density at radius 2 is 1.64 bits per heavy atom. The lowest BCUT2D eigenvalue weighted by Gasteiger charge is -2.08. The molecule has 0 saturated heterocycles. The van der Waals surface area contributed by atoms with Gasteiger partial charge in [-0.3, -0.25) is 9.59 Å². The van der Waals surface area contributed by atoms with Crippen LogP contribution in [0.2, 0.25) is 0 Å². The molecule has 164 valence electrons. The third-order valence-corrected chi connectivity index (χ3v) is 5.50. The van der Waals surface area contributed by atoms with Crippen molar-refractivity contribution in [3.8, 4) is 0 Å². The highest BCUT2D eigenvalue weighted by molar-refractivity contribution is 6.14. The van der Waals surface area contributed by atoms with E-state index in [2.05, 4.69) is 10.6 Å². The van der Waals surface area contributed by atoms with Crippen molar-refractivity contribution in [3.05, 3.63) is 95.4 Å². The number of para-hydroxylation sites is 1. The van der Waals surface area contributed by atoms with Crippen molar-refractivity contribution in [1.82, 2.24) is 0 Å². The zero-order valence-corrected chi connectivity index (χ0v) is 18.3. The molecule has 0 unspecified atom stereocenters. The molecule has 33 heavy (non-hydrogen) atoms. The average molecular weight is 438 g/mol. The molecule has 2 N–H and O–H groups in total. The fourth-order valence-electron chi connectivity index (χ4n) is 3.93. The first kappa shape index (κ1) is 20.6. The molecule has 0 atom stereocenters. The van der Waals surface area contributed by atoms with Gasteiger partial charge in [-0.15, -0.1) is 0 Å². The van der Waals surface area contributed by atoms with E-state index in [-0.39, 0.29) is 18.1 Å². The highest BCUT2D eigenvalue weighted by atomic mass is 16.3. The molecule has 2 amide bonds. The van der Waals surface area contributed by atoms with Crippen LogP contribution in [-0.2, 0) is 11.2 Å². The number of amides is 2. The second-order valence-electron chi connectivity index (χ2n) is 8.11. The average Bonchev–Trinajstić information content (AvgIpc) is 3.35. The minimum Gasteiger partial charge on any atom is -0.464 e. The molecule has 5 aromatic rings. The Morgan fingerprint density at radius 1 is 0.818 bits per heavy atom. The fourth-order valence-corrected chi connectivity index (χ4v) is 3.93. The summed E-state index contributed by atoms with van der Waals surface area (Å²) in [4.78, 5) is 26.1. The van der Waals surface area contributed by atoms with E-state index in [0.29, 0.717) is 22.3 Å². The molecule has 5 rings (SSSR count). The number of fused-ring (bicyclic) bond motifs is 2. The third-order valence-electron chi connectivity index (χ3n) is 5.50. The van der Waals surface area contributed by atoms with Crippen molar-refractivity contribution in [3.63, 3.8) is 0 Å². The number of benzene rings is 3. The topological polar surface area (TPSA) is 84.5 Å². The lowest BCUT2D eigenvalue weighted by Crippen LogP contribution is -2.18. The highest BCUT2D eigenvalue weighted by Crippen LogP contribution is 2.32. The molecule has 6 heteroatoms. The first-order valence-corrected chi connectivity index (χ1v) is 10.6. The second-order valence-corrected chi connectivity index (χ2v) is 8.11. The summed E-state index contributed by atoms with van der Waals surface area (Å²) in [6, 6.07) is 20.6. The number of hydrogen-bond donors (Lipinski definition) is 2. The molecule has 2 heterocycles. The van der Waals surface area contributed by atoms with E-state index >= 15 is 0 Å². The zero-order chi connectivity index (χ0) is 22.9. The largest absolute Gasteiger partial charge is 0.464 e. The van der Waals surface area contributed by atoms with Gasteiger partial charge >= 0.3 is 0 Å². The Bertz CT molecular complexity index is 1510. The number of aryl methyl sites for hydroxylation is 2. The van der Waals surface area contributed by atoms with Crippen LogP contribution in [-0.4, -0.2) is 11.8 Å². The number of nitrogens with one attached hydrogen (secondary N) is 2. The molecule has 0 aliphatic rings. The predicted molar refractivity (Wildman–Crippen MR) is 129 cm³/mol. The third kappa shape index (κ3) is 4.11. The molecule has 0 radical (unpaired) electrons. The molecule has 0 fully saturated rings. The van der Waals surface area contributed by atoms with Gasteiger partial charge in [-0.2, -0.15) is 0 Å². The summed E-state index contributed by atoms with van der Waals surface area (Å²) in [5.74, 6) is -0.647. The molecule has 2 aromatic heterocycles. The van der Waals surface area contributed by atoms with E-state index in [1.807, 2.05) is 68.4 Å². The molecule has 0 aliphatic carbocycles. The molecule has 3 aromatic carbocycles. The van der Waals surface area contributed by atoms with Crippen LogP contribution >= 0.6 is 0 Å². The summed E-state index contributed by atoms with van der Waals surface area (Å²) < 4.78 is 11.4. The van der Waals surface area contributed by atoms with Crippen LogP contribution < -0.4 is 10.6 Å². The van der Waals surface area contributed by atoms with Crippen LogP contribution in [0.1, 0.15) is 27.2 Å². The van der Waals surface area contributed by atoms with Crippen molar-refractivity contribution in [1.29, 1.82) is 0 Å². The quantitative estimate of drug-likeness (QED) is 0.341. The Labute approximate surface area is 190 Å². The maximum absolute atomic E-state index is 13.1. The van der Waals surface area contributed by atoms with E-state index in [1.54, 1.807) is 18.4 Å². The molecular weight excluding hydrogens is 416 g/mol. The van der Waals surface area contributed by atoms with Gasteiger partial charge in [0.2, 0.25) is 11.7 Å². The van der Waals surface area contributed by atoms with E-state index in [9.17, 15) is 9.59 Å². The minimum absolute atomic E-state index is 0.0546. The number of anilines is 2. The summed E-state index contributed by atoms with van der Waals surface area (Å²) >= 11 is 0. The highest BCUT2D eigenvalue weighted by Gasteiger charge is 2.23. The van der Waals surface area contributed by atoms with Crippen molar-refractivity contribution in [2.75, 3.05) is 10.6 Å². The van der Waals surface area contributed by atoms with E-state index in [4.69, 9.17) is 8.83 Å². The van der Waals surface area contributed by atoms with Crippen molar-refractivity contribution >= 4 is 45.1 Å². The maximum Gasteiger partial charge on any atom is 0.293 e. The molecular formula is C27H22N2O4. The van der Waals surface area contributed by atoms with Gasteiger partial charge in [0.1, 0.15) is 16.9 Å². The van der Waals surface area contributed by atoms with Gasteiger partial charge in [0.05, 0.1) is 12.7 Å². The van der Waals surface area contributed by atoms with Crippen molar-refractivity contribution < 1.29 is 18.4 Å². The Balaban J connectivity index is 1.45. The number of hydrogen-bond acceptors (Lipinski definition) is 4. The number of carbonyl (C=O) groups excluding carboxylic acids is 2. The van der Waals surface area contributed by atoms with E-state index in [1.165, 1.54) is 0 Å². The van der Waals surface area contributed by atoms with E-state index in [0.717, 1.165) is 27.7 Å². The van der Waals surface area contributed by atoms with Gasteiger partial charge in [-0.1, -0.05) is 35.9 Å². The number of furan rings is 2. The SMILES string of the molecule is Cc1cccc(NC(=O)c2oc3ccccc3c2NC(=O)Cc2coc3ccc(C)cc23)c1. The monoisotopic (exact) mass is 438 g/mol.